The Kier molecular flexibility index (Phi) is 3.43. The van der Waals surface area contributed by atoms with Crippen LogP contribution in [0.5, 0.6) is 0 Å². The Morgan fingerprint density at radius 1 is 1.29 bits per heavy atom. The highest BCUT2D eigenvalue weighted by atomic mass is 35.5. The molecule has 92 valence electrons. The van der Waals surface area contributed by atoms with Crippen LogP contribution in [0.3, 0.4) is 0 Å². The lowest BCUT2D eigenvalue weighted by molar-refractivity contribution is 0.0697. The fourth-order valence-electron chi connectivity index (χ4n) is 2.19. The summed E-state index contributed by atoms with van der Waals surface area (Å²) < 4.78 is 0. The maximum Gasteiger partial charge on any atom is 0.335 e. The van der Waals surface area contributed by atoms with E-state index >= 15 is 0 Å². The van der Waals surface area contributed by atoms with Crippen molar-refractivity contribution in [3.63, 3.8) is 0 Å². The van der Waals surface area contributed by atoms with Crippen molar-refractivity contribution in [2.75, 3.05) is 23.7 Å². The van der Waals surface area contributed by atoms with E-state index in [9.17, 15) is 4.79 Å². The normalized spacial score (nSPS) is 15.9. The van der Waals surface area contributed by atoms with Crippen LogP contribution in [0.25, 0.3) is 0 Å². The fourth-order valence-corrected chi connectivity index (χ4v) is 2.54. The topological polar surface area (TPSA) is 66.6 Å². The zero-order valence-corrected chi connectivity index (χ0v) is 10.2. The Balaban J connectivity index is 2.37. The van der Waals surface area contributed by atoms with Crippen LogP contribution in [0, 0.1) is 0 Å². The van der Waals surface area contributed by atoms with Crippen LogP contribution in [0.15, 0.2) is 12.1 Å². The third kappa shape index (κ3) is 2.47. The maximum absolute atomic E-state index is 10.9. The molecule has 1 aliphatic heterocycles. The molecule has 0 bridgehead atoms. The van der Waals surface area contributed by atoms with Crippen molar-refractivity contribution in [2.24, 2.45) is 0 Å². The molecule has 1 aliphatic rings. The number of nitrogen functional groups attached to an aromatic ring is 1. The van der Waals surface area contributed by atoms with Crippen LogP contribution in [-0.2, 0) is 0 Å². The van der Waals surface area contributed by atoms with Gasteiger partial charge in [0.05, 0.1) is 22.0 Å². The number of aromatic carboxylic acids is 1. The summed E-state index contributed by atoms with van der Waals surface area (Å²) in [6.07, 6.45) is 3.47. The second-order valence-corrected chi connectivity index (χ2v) is 4.66. The number of anilines is 2. The van der Waals surface area contributed by atoms with Gasteiger partial charge < -0.3 is 15.7 Å². The summed E-state index contributed by atoms with van der Waals surface area (Å²) in [4.78, 5) is 13.0. The van der Waals surface area contributed by atoms with E-state index in [0.717, 1.165) is 31.6 Å². The summed E-state index contributed by atoms with van der Waals surface area (Å²) in [6.45, 7) is 1.85. The molecule has 1 heterocycles. The first-order valence-electron chi connectivity index (χ1n) is 5.67. The molecule has 17 heavy (non-hydrogen) atoms. The van der Waals surface area contributed by atoms with E-state index in [1.54, 1.807) is 0 Å². The molecule has 0 aromatic heterocycles. The monoisotopic (exact) mass is 254 g/mol. The number of piperidine rings is 1. The summed E-state index contributed by atoms with van der Waals surface area (Å²) in [7, 11) is 0. The van der Waals surface area contributed by atoms with Gasteiger partial charge in [-0.1, -0.05) is 11.6 Å². The van der Waals surface area contributed by atoms with Gasteiger partial charge >= 0.3 is 5.97 Å². The van der Waals surface area contributed by atoms with Crippen molar-refractivity contribution in [3.8, 4) is 0 Å². The Hall–Kier alpha value is -1.42. The van der Waals surface area contributed by atoms with Gasteiger partial charge in [-0.2, -0.15) is 0 Å². The standard InChI is InChI=1S/C12H15ClN2O2/c13-9-6-8(12(16)17)7-10(14)11(9)15-4-2-1-3-5-15/h6-7H,1-5,14H2,(H,16,17). The number of hydrogen-bond donors (Lipinski definition) is 2. The van der Waals surface area contributed by atoms with Gasteiger partial charge in [0, 0.05) is 13.1 Å². The molecule has 0 unspecified atom stereocenters. The van der Waals surface area contributed by atoms with Crippen molar-refractivity contribution < 1.29 is 9.90 Å². The number of carboxylic acid groups (broad SMARTS) is 1. The first-order valence-corrected chi connectivity index (χ1v) is 6.04. The molecule has 0 radical (unpaired) electrons. The van der Waals surface area contributed by atoms with Crippen LogP contribution < -0.4 is 10.6 Å². The molecule has 1 fully saturated rings. The third-order valence-corrected chi connectivity index (χ3v) is 3.30. The van der Waals surface area contributed by atoms with Crippen LogP contribution in [-0.4, -0.2) is 24.2 Å². The molecule has 5 heteroatoms. The molecule has 1 aromatic rings. The van der Waals surface area contributed by atoms with Crippen molar-refractivity contribution in [1.29, 1.82) is 0 Å². The largest absolute Gasteiger partial charge is 0.478 e. The maximum atomic E-state index is 10.9. The highest BCUT2D eigenvalue weighted by Gasteiger charge is 2.18. The average Bonchev–Trinajstić information content (AvgIpc) is 2.29. The molecule has 2 rings (SSSR count). The van der Waals surface area contributed by atoms with Gasteiger partial charge in [-0.3, -0.25) is 0 Å². The number of nitrogens with zero attached hydrogens (tertiary/aromatic N) is 1. The van der Waals surface area contributed by atoms with Gasteiger partial charge in [0.15, 0.2) is 0 Å². The lowest BCUT2D eigenvalue weighted by atomic mass is 10.1. The lowest BCUT2D eigenvalue weighted by Crippen LogP contribution is -2.30. The Morgan fingerprint density at radius 3 is 2.47 bits per heavy atom. The number of carboxylic acids is 1. The van der Waals surface area contributed by atoms with E-state index in [-0.39, 0.29) is 5.56 Å². The van der Waals surface area contributed by atoms with E-state index in [2.05, 4.69) is 4.90 Å². The lowest BCUT2D eigenvalue weighted by Gasteiger charge is -2.30. The van der Waals surface area contributed by atoms with Gasteiger partial charge in [0.25, 0.3) is 0 Å². The third-order valence-electron chi connectivity index (χ3n) is 3.01. The Morgan fingerprint density at radius 2 is 1.94 bits per heavy atom. The average molecular weight is 255 g/mol. The number of carbonyl (C=O) groups is 1. The van der Waals surface area contributed by atoms with Crippen molar-refractivity contribution in [1.82, 2.24) is 0 Å². The molecule has 3 N–H and O–H groups in total. The highest BCUT2D eigenvalue weighted by molar-refractivity contribution is 6.34. The van der Waals surface area contributed by atoms with E-state index < -0.39 is 5.97 Å². The number of benzene rings is 1. The van der Waals surface area contributed by atoms with Crippen LogP contribution in [0.2, 0.25) is 5.02 Å². The smallest absolute Gasteiger partial charge is 0.335 e. The first-order chi connectivity index (χ1) is 8.09. The Labute approximate surface area is 105 Å². The van der Waals surface area contributed by atoms with Gasteiger partial charge in [-0.05, 0) is 31.4 Å². The number of halogens is 1. The van der Waals surface area contributed by atoms with E-state index in [4.69, 9.17) is 22.4 Å². The van der Waals surface area contributed by atoms with E-state index in [1.165, 1.54) is 18.6 Å². The molecule has 1 saturated heterocycles. The molecule has 0 saturated carbocycles. The summed E-state index contributed by atoms with van der Waals surface area (Å²) in [6, 6.07) is 2.93. The summed E-state index contributed by atoms with van der Waals surface area (Å²) >= 11 is 6.13. The highest BCUT2D eigenvalue weighted by Crippen LogP contribution is 2.35. The van der Waals surface area contributed by atoms with E-state index in [1.807, 2.05) is 0 Å². The minimum absolute atomic E-state index is 0.133. The summed E-state index contributed by atoms with van der Waals surface area (Å²) in [5.41, 5.74) is 7.25. The molecular formula is C12H15ClN2O2. The van der Waals surface area contributed by atoms with Crippen molar-refractivity contribution >= 4 is 28.9 Å². The van der Waals surface area contributed by atoms with Gasteiger partial charge in [-0.25, -0.2) is 4.79 Å². The minimum atomic E-state index is -1.01. The fraction of sp³-hybridized carbons (Fsp3) is 0.417. The Bertz CT molecular complexity index is 419. The van der Waals surface area contributed by atoms with Crippen LogP contribution in [0.1, 0.15) is 29.6 Å². The molecule has 0 aliphatic carbocycles. The zero-order valence-electron chi connectivity index (χ0n) is 9.45. The first kappa shape index (κ1) is 12.0. The number of nitrogens with two attached hydrogens (primary N) is 1. The molecule has 1 aromatic carbocycles. The predicted octanol–water partition coefficient (Wildman–Crippen LogP) is 2.61. The predicted molar refractivity (Wildman–Crippen MR) is 68.9 cm³/mol. The van der Waals surface area contributed by atoms with Crippen LogP contribution in [0.4, 0.5) is 11.4 Å². The zero-order chi connectivity index (χ0) is 12.4. The van der Waals surface area contributed by atoms with Gasteiger partial charge in [0.2, 0.25) is 0 Å². The SMILES string of the molecule is Nc1cc(C(=O)O)cc(Cl)c1N1CCCCC1. The number of rotatable bonds is 2. The molecule has 0 atom stereocenters. The van der Waals surface area contributed by atoms with Gasteiger partial charge in [-0.15, -0.1) is 0 Å². The number of hydrogen-bond acceptors (Lipinski definition) is 3. The van der Waals surface area contributed by atoms with Crippen molar-refractivity contribution in [2.45, 2.75) is 19.3 Å². The molecule has 4 nitrogen and oxygen atoms in total. The van der Waals surface area contributed by atoms with E-state index in [0.29, 0.717) is 10.7 Å². The second-order valence-electron chi connectivity index (χ2n) is 4.25. The summed E-state index contributed by atoms with van der Waals surface area (Å²) in [5, 5.41) is 9.33. The molecule has 0 spiro atoms. The second kappa shape index (κ2) is 4.84. The molecular weight excluding hydrogens is 240 g/mol. The molecule has 0 amide bonds. The van der Waals surface area contributed by atoms with Gasteiger partial charge in [0.1, 0.15) is 0 Å². The quantitative estimate of drug-likeness (QED) is 0.796. The minimum Gasteiger partial charge on any atom is -0.478 e. The summed E-state index contributed by atoms with van der Waals surface area (Å²) in [5.74, 6) is -1.01. The van der Waals surface area contributed by atoms with Crippen LogP contribution >= 0.6 is 11.6 Å². The van der Waals surface area contributed by atoms with Crippen molar-refractivity contribution in [3.05, 3.63) is 22.7 Å².